The molecule has 1 aromatic heterocycles. The van der Waals surface area contributed by atoms with E-state index < -0.39 is 11.6 Å². The second-order valence-electron chi connectivity index (χ2n) is 11.0. The summed E-state index contributed by atoms with van der Waals surface area (Å²) in [5, 5.41) is 0.340. The number of aromatic nitrogens is 2. The highest BCUT2D eigenvalue weighted by Gasteiger charge is 2.45. The summed E-state index contributed by atoms with van der Waals surface area (Å²) in [6.07, 6.45) is 7.09. The van der Waals surface area contributed by atoms with Gasteiger partial charge in [0.1, 0.15) is 23.8 Å². The Kier molecular flexibility index (Phi) is 9.56. The minimum Gasteiger partial charge on any atom is -0.461 e. The van der Waals surface area contributed by atoms with Crippen LogP contribution in [0.3, 0.4) is 0 Å². The van der Waals surface area contributed by atoms with Gasteiger partial charge in [-0.05, 0) is 66.7 Å². The molecule has 6 rings (SSSR count). The molecule has 220 valence electrons. The van der Waals surface area contributed by atoms with E-state index in [1.807, 2.05) is 26.0 Å². The van der Waals surface area contributed by atoms with E-state index in [4.69, 9.17) is 9.72 Å². The number of hydrogen-bond donors (Lipinski definition) is 0. The topological polar surface area (TPSA) is 44.7 Å². The molecule has 6 nitrogen and oxygen atoms in total. The number of benzene rings is 2. The van der Waals surface area contributed by atoms with E-state index in [0.717, 1.165) is 64.5 Å². The molecule has 0 N–H and O–H groups in total. The van der Waals surface area contributed by atoms with Crippen molar-refractivity contribution in [1.29, 1.82) is 0 Å². The van der Waals surface area contributed by atoms with Crippen molar-refractivity contribution in [3.8, 4) is 6.01 Å². The van der Waals surface area contributed by atoms with Crippen molar-refractivity contribution < 1.29 is 13.5 Å². The molecule has 0 aliphatic carbocycles. The average molecular weight is 629 g/mol. The smallest absolute Gasteiger partial charge is 0.319 e. The Morgan fingerprint density at radius 2 is 1.78 bits per heavy atom. The van der Waals surface area contributed by atoms with Crippen molar-refractivity contribution in [2.45, 2.75) is 64.1 Å². The Bertz CT molecular complexity index is 1350. The van der Waals surface area contributed by atoms with Gasteiger partial charge in [0, 0.05) is 38.3 Å². The molecule has 9 heteroatoms. The molecule has 0 amide bonds. The van der Waals surface area contributed by atoms with Crippen LogP contribution in [0.25, 0.3) is 10.9 Å². The first kappa shape index (κ1) is 29.9. The van der Waals surface area contributed by atoms with Crippen molar-refractivity contribution in [3.05, 3.63) is 70.7 Å². The molecule has 0 spiro atoms. The Morgan fingerprint density at radius 3 is 2.49 bits per heavy atom. The summed E-state index contributed by atoms with van der Waals surface area (Å²) in [6, 6.07) is 11.4. The lowest BCUT2D eigenvalue weighted by atomic mass is 9.95. The van der Waals surface area contributed by atoms with Crippen molar-refractivity contribution in [3.63, 3.8) is 0 Å². The van der Waals surface area contributed by atoms with E-state index in [1.165, 1.54) is 5.56 Å². The minimum atomic E-state index is -0.719. The van der Waals surface area contributed by atoms with Crippen LogP contribution in [0.4, 0.5) is 14.6 Å². The molecule has 3 fully saturated rings. The van der Waals surface area contributed by atoms with Crippen LogP contribution in [0.15, 0.2) is 53.5 Å². The highest BCUT2D eigenvalue weighted by molar-refractivity contribution is 9.10. The maximum Gasteiger partial charge on any atom is 0.319 e. The molecule has 4 heterocycles. The van der Waals surface area contributed by atoms with Crippen LogP contribution in [-0.2, 0) is 6.54 Å². The molecule has 3 aliphatic heterocycles. The molecule has 0 radical (unpaired) electrons. The van der Waals surface area contributed by atoms with Gasteiger partial charge in [0.25, 0.3) is 0 Å². The highest BCUT2D eigenvalue weighted by atomic mass is 79.9. The van der Waals surface area contributed by atoms with E-state index >= 15 is 4.39 Å². The molecule has 2 aromatic carbocycles. The molecule has 1 atom stereocenters. The number of ether oxygens (including phenoxy) is 1. The monoisotopic (exact) mass is 627 g/mol. The Labute approximate surface area is 250 Å². The zero-order valence-corrected chi connectivity index (χ0v) is 25.7. The van der Waals surface area contributed by atoms with Crippen LogP contribution in [0, 0.1) is 11.6 Å². The van der Waals surface area contributed by atoms with E-state index in [0.29, 0.717) is 30.8 Å². The van der Waals surface area contributed by atoms with Crippen molar-refractivity contribution in [2.24, 2.45) is 0 Å². The second-order valence-corrected chi connectivity index (χ2v) is 11.8. The average Bonchev–Trinajstić information content (AvgIpc) is 3.57. The summed E-state index contributed by atoms with van der Waals surface area (Å²) in [5.41, 5.74) is 1.33. The molecular formula is C32H40BrF2N5O. The third kappa shape index (κ3) is 6.13. The van der Waals surface area contributed by atoms with Gasteiger partial charge in [-0.2, -0.15) is 9.97 Å². The third-order valence-corrected chi connectivity index (χ3v) is 9.36. The summed E-state index contributed by atoms with van der Waals surface area (Å²) >= 11 is 3.37. The van der Waals surface area contributed by atoms with Crippen LogP contribution in [0.2, 0.25) is 0 Å². The molecule has 3 aliphatic rings. The van der Waals surface area contributed by atoms with Crippen molar-refractivity contribution >= 4 is 32.7 Å². The van der Waals surface area contributed by atoms with Gasteiger partial charge in [0.15, 0.2) is 5.82 Å². The first-order valence-corrected chi connectivity index (χ1v) is 15.6. The molecule has 3 saturated heterocycles. The van der Waals surface area contributed by atoms with Gasteiger partial charge in [-0.25, -0.2) is 8.78 Å². The molecule has 3 aromatic rings. The Balaban J connectivity index is 0.00000165. The second kappa shape index (κ2) is 13.1. The SMILES string of the molecule is C=CC[C@@H]1CN(Cc2ccccc2)CCN1c1nc(OCC23CCCN2CCC3)nc2c(F)cc(F)c(Br)c12.CC. The molecule has 41 heavy (non-hydrogen) atoms. The predicted octanol–water partition coefficient (Wildman–Crippen LogP) is 6.97. The normalized spacial score (nSPS) is 20.5. The van der Waals surface area contributed by atoms with Gasteiger partial charge in [-0.3, -0.25) is 9.80 Å². The number of halogens is 3. The van der Waals surface area contributed by atoms with Crippen LogP contribution in [0.5, 0.6) is 6.01 Å². The predicted molar refractivity (Wildman–Crippen MR) is 164 cm³/mol. The fraction of sp³-hybridized carbons (Fsp3) is 0.500. The number of nitrogens with zero attached hydrogens (tertiary/aromatic N) is 5. The van der Waals surface area contributed by atoms with Crippen molar-refractivity contribution in [2.75, 3.05) is 44.2 Å². The van der Waals surface area contributed by atoms with Gasteiger partial charge < -0.3 is 9.64 Å². The summed E-state index contributed by atoms with van der Waals surface area (Å²) in [6.45, 7) is 13.7. The van der Waals surface area contributed by atoms with Crippen LogP contribution >= 0.6 is 15.9 Å². The maximum absolute atomic E-state index is 15.2. The Hall–Kier alpha value is -2.62. The number of hydrogen-bond acceptors (Lipinski definition) is 6. The van der Waals surface area contributed by atoms with E-state index in [-0.39, 0.29) is 27.6 Å². The largest absolute Gasteiger partial charge is 0.461 e. The lowest BCUT2D eigenvalue weighted by Crippen LogP contribution is -2.53. The zero-order chi connectivity index (χ0) is 29.0. The first-order chi connectivity index (χ1) is 20.0. The summed E-state index contributed by atoms with van der Waals surface area (Å²) in [7, 11) is 0. The quantitative estimate of drug-likeness (QED) is 0.198. The highest BCUT2D eigenvalue weighted by Crippen LogP contribution is 2.40. The molecule has 0 unspecified atom stereocenters. The van der Waals surface area contributed by atoms with Crippen molar-refractivity contribution in [1.82, 2.24) is 19.8 Å². The Morgan fingerprint density at radius 1 is 1.05 bits per heavy atom. The fourth-order valence-electron chi connectivity index (χ4n) is 6.68. The lowest BCUT2D eigenvalue weighted by molar-refractivity contribution is 0.107. The fourth-order valence-corrected chi connectivity index (χ4v) is 7.16. The standard InChI is InChI=1S/C30H34BrF2N5O.C2H6/c1-2-8-22-19-36(18-21-9-4-3-5-10-21)15-16-38(22)28-25-26(31)23(32)17-24(33)27(25)34-29(35-28)39-20-30-11-6-13-37(30)14-7-12-30;1-2/h2-5,9-10,17,22H,1,6-8,11-16,18-20H2;1-2H3/t22-;/m1./s1. The van der Waals surface area contributed by atoms with Gasteiger partial charge in [0.05, 0.1) is 15.4 Å². The zero-order valence-electron chi connectivity index (χ0n) is 24.1. The maximum atomic E-state index is 15.2. The van der Waals surface area contributed by atoms with E-state index in [1.54, 1.807) is 0 Å². The number of rotatable bonds is 8. The first-order valence-electron chi connectivity index (χ1n) is 14.8. The van der Waals surface area contributed by atoms with Gasteiger partial charge >= 0.3 is 6.01 Å². The summed E-state index contributed by atoms with van der Waals surface area (Å²) < 4.78 is 36.4. The summed E-state index contributed by atoms with van der Waals surface area (Å²) in [5.74, 6) is -0.893. The molecule has 0 saturated carbocycles. The van der Waals surface area contributed by atoms with E-state index in [2.05, 4.69) is 66.5 Å². The number of piperazine rings is 1. The lowest BCUT2D eigenvalue weighted by Gasteiger charge is -2.42. The third-order valence-electron chi connectivity index (χ3n) is 8.59. The van der Waals surface area contributed by atoms with Crippen LogP contribution < -0.4 is 9.64 Å². The van der Waals surface area contributed by atoms with Gasteiger partial charge in [-0.1, -0.05) is 50.3 Å². The van der Waals surface area contributed by atoms with Gasteiger partial charge in [0.2, 0.25) is 0 Å². The number of fused-ring (bicyclic) bond motifs is 2. The van der Waals surface area contributed by atoms with E-state index in [9.17, 15) is 4.39 Å². The minimum absolute atomic E-state index is 0.00877. The molecular weight excluding hydrogens is 588 g/mol. The summed E-state index contributed by atoms with van der Waals surface area (Å²) in [4.78, 5) is 16.4. The molecule has 0 bridgehead atoms. The van der Waals surface area contributed by atoms with Crippen LogP contribution in [0.1, 0.15) is 51.5 Å². The van der Waals surface area contributed by atoms with Gasteiger partial charge in [-0.15, -0.1) is 6.58 Å². The number of anilines is 1. The van der Waals surface area contributed by atoms with Crippen LogP contribution in [-0.4, -0.2) is 70.7 Å².